The van der Waals surface area contributed by atoms with E-state index in [1.807, 2.05) is 45.0 Å². The molecule has 96 valence electrons. The van der Waals surface area contributed by atoms with Gasteiger partial charge in [-0.3, -0.25) is 10.2 Å². The van der Waals surface area contributed by atoms with Crippen LogP contribution in [0, 0.1) is 6.92 Å². The smallest absolute Gasteiger partial charge is 0.184 e. The van der Waals surface area contributed by atoms with Gasteiger partial charge in [0.15, 0.2) is 5.78 Å². The monoisotopic (exact) mass is 246 g/mol. The average molecular weight is 246 g/mol. The summed E-state index contributed by atoms with van der Waals surface area (Å²) in [7, 11) is 0. The Balaban J connectivity index is 2.07. The minimum absolute atomic E-state index is 0.0485. The highest BCUT2D eigenvalue weighted by Crippen LogP contribution is 2.20. The van der Waals surface area contributed by atoms with Gasteiger partial charge in [0.25, 0.3) is 0 Å². The fraction of sp³-hybridized carbons (Fsp3) is 0.429. The number of hydrazone groups is 1. The molecule has 4 heteroatoms. The second kappa shape index (κ2) is 4.90. The van der Waals surface area contributed by atoms with Crippen molar-refractivity contribution in [3.8, 4) is 0 Å². The molecule has 2 rings (SSSR count). The summed E-state index contributed by atoms with van der Waals surface area (Å²) in [6.45, 7) is 6.09. The molecule has 1 aromatic carbocycles. The molecule has 1 aliphatic heterocycles. The molecule has 18 heavy (non-hydrogen) atoms. The number of Topliss-reactive ketones (excluding diaryl/α,β-unsaturated/α-hetero) is 1. The topological polar surface area (TPSA) is 50.7 Å². The Morgan fingerprint density at radius 1 is 1.33 bits per heavy atom. The first-order chi connectivity index (χ1) is 8.48. The van der Waals surface area contributed by atoms with Crippen molar-refractivity contribution in [2.75, 3.05) is 12.0 Å². The van der Waals surface area contributed by atoms with Crippen molar-refractivity contribution in [2.24, 2.45) is 5.10 Å². The second-order valence-corrected chi connectivity index (χ2v) is 5.13. The SMILES string of the molecule is Cc1ccccc1NN=C1COC(C)(C)CC1=O. The summed E-state index contributed by atoms with van der Waals surface area (Å²) in [6.07, 6.45) is 0.376. The highest BCUT2D eigenvalue weighted by Gasteiger charge is 2.31. The standard InChI is InChI=1S/C14H18N2O2/c1-10-6-4-5-7-11(10)15-16-12-9-18-14(2,3)8-13(12)17/h4-7,15H,8-9H2,1-3H3. The maximum absolute atomic E-state index is 11.9. The van der Waals surface area contributed by atoms with E-state index in [2.05, 4.69) is 10.5 Å². The quantitative estimate of drug-likeness (QED) is 0.816. The van der Waals surface area contributed by atoms with Crippen LogP contribution in [0.25, 0.3) is 0 Å². The van der Waals surface area contributed by atoms with Crippen molar-refractivity contribution in [2.45, 2.75) is 32.8 Å². The van der Waals surface area contributed by atoms with Gasteiger partial charge in [0.05, 0.1) is 17.9 Å². The maximum atomic E-state index is 11.9. The van der Waals surface area contributed by atoms with E-state index in [9.17, 15) is 4.79 Å². The number of ketones is 1. The summed E-state index contributed by atoms with van der Waals surface area (Å²) in [6, 6.07) is 7.81. The molecule has 1 saturated heterocycles. The highest BCUT2D eigenvalue weighted by molar-refractivity contribution is 6.41. The van der Waals surface area contributed by atoms with Gasteiger partial charge in [-0.1, -0.05) is 18.2 Å². The summed E-state index contributed by atoms with van der Waals surface area (Å²) >= 11 is 0. The Hall–Kier alpha value is -1.68. The van der Waals surface area contributed by atoms with Crippen LogP contribution < -0.4 is 5.43 Å². The molecule has 0 radical (unpaired) electrons. The molecular weight excluding hydrogens is 228 g/mol. The first-order valence-corrected chi connectivity index (χ1v) is 6.03. The van der Waals surface area contributed by atoms with E-state index in [4.69, 9.17) is 4.74 Å². The van der Waals surface area contributed by atoms with Crippen molar-refractivity contribution >= 4 is 17.2 Å². The molecule has 1 heterocycles. The number of hydrogen-bond acceptors (Lipinski definition) is 4. The zero-order valence-corrected chi connectivity index (χ0v) is 11.0. The van der Waals surface area contributed by atoms with Crippen LogP contribution in [-0.2, 0) is 9.53 Å². The van der Waals surface area contributed by atoms with Gasteiger partial charge in [-0.2, -0.15) is 5.10 Å². The van der Waals surface area contributed by atoms with E-state index in [0.29, 0.717) is 12.1 Å². The van der Waals surface area contributed by atoms with Gasteiger partial charge in [-0.25, -0.2) is 0 Å². The van der Waals surface area contributed by atoms with Crippen LogP contribution in [0.5, 0.6) is 0 Å². The van der Waals surface area contributed by atoms with Crippen molar-refractivity contribution in [1.82, 2.24) is 0 Å². The van der Waals surface area contributed by atoms with Crippen LogP contribution in [-0.4, -0.2) is 23.7 Å². The number of nitrogens with one attached hydrogen (secondary N) is 1. The van der Waals surface area contributed by atoms with E-state index >= 15 is 0 Å². The van der Waals surface area contributed by atoms with Gasteiger partial charge in [0.1, 0.15) is 5.71 Å². The summed E-state index contributed by atoms with van der Waals surface area (Å²) < 4.78 is 5.58. The van der Waals surface area contributed by atoms with Crippen LogP contribution >= 0.6 is 0 Å². The Labute approximate surface area is 107 Å². The summed E-state index contributed by atoms with van der Waals surface area (Å²) in [5.41, 5.74) is 5.00. The van der Waals surface area contributed by atoms with Gasteiger partial charge in [-0.15, -0.1) is 0 Å². The number of anilines is 1. The minimum Gasteiger partial charge on any atom is -0.369 e. The van der Waals surface area contributed by atoms with Crippen LogP contribution in [0.4, 0.5) is 5.69 Å². The second-order valence-electron chi connectivity index (χ2n) is 5.13. The fourth-order valence-electron chi connectivity index (χ4n) is 1.80. The van der Waals surface area contributed by atoms with E-state index in [-0.39, 0.29) is 18.0 Å². The van der Waals surface area contributed by atoms with Gasteiger partial charge in [-0.05, 0) is 32.4 Å². The normalized spacial score (nSPS) is 21.1. The summed E-state index contributed by atoms with van der Waals surface area (Å²) in [5, 5.41) is 4.15. The molecule has 0 aliphatic carbocycles. The molecule has 1 N–H and O–H groups in total. The first kappa shape index (κ1) is 12.8. The predicted octanol–water partition coefficient (Wildman–Crippen LogP) is 2.53. The lowest BCUT2D eigenvalue weighted by Gasteiger charge is -2.29. The predicted molar refractivity (Wildman–Crippen MR) is 71.9 cm³/mol. The highest BCUT2D eigenvalue weighted by atomic mass is 16.5. The zero-order chi connectivity index (χ0) is 13.2. The third kappa shape index (κ3) is 2.96. The third-order valence-electron chi connectivity index (χ3n) is 2.96. The van der Waals surface area contributed by atoms with E-state index < -0.39 is 0 Å². The molecule has 0 spiro atoms. The van der Waals surface area contributed by atoms with Gasteiger partial charge in [0, 0.05) is 6.42 Å². The molecule has 1 aromatic rings. The number of ether oxygens (including phenoxy) is 1. The molecule has 1 fully saturated rings. The molecule has 0 amide bonds. The van der Waals surface area contributed by atoms with E-state index in [0.717, 1.165) is 11.3 Å². The van der Waals surface area contributed by atoms with Crippen LogP contribution in [0.2, 0.25) is 0 Å². The van der Waals surface area contributed by atoms with Crippen molar-refractivity contribution in [1.29, 1.82) is 0 Å². The molecule has 0 atom stereocenters. The Morgan fingerprint density at radius 3 is 2.72 bits per heavy atom. The zero-order valence-electron chi connectivity index (χ0n) is 11.0. The first-order valence-electron chi connectivity index (χ1n) is 6.03. The third-order valence-corrected chi connectivity index (χ3v) is 2.96. The summed E-state index contributed by atoms with van der Waals surface area (Å²) in [5.74, 6) is 0.0485. The fourth-order valence-corrected chi connectivity index (χ4v) is 1.80. The lowest BCUT2D eigenvalue weighted by Crippen LogP contribution is -2.40. The maximum Gasteiger partial charge on any atom is 0.184 e. The number of benzene rings is 1. The van der Waals surface area contributed by atoms with Gasteiger partial charge in [0.2, 0.25) is 0 Å². The Kier molecular flexibility index (Phi) is 3.48. The van der Waals surface area contributed by atoms with Crippen LogP contribution in [0.3, 0.4) is 0 Å². The number of hydrogen-bond donors (Lipinski definition) is 1. The molecule has 0 aromatic heterocycles. The number of carbonyl (C=O) groups is 1. The number of carbonyl (C=O) groups excluding carboxylic acids is 1. The minimum atomic E-state index is -0.376. The largest absolute Gasteiger partial charge is 0.369 e. The molecule has 0 bridgehead atoms. The van der Waals surface area contributed by atoms with Crippen molar-refractivity contribution < 1.29 is 9.53 Å². The molecule has 4 nitrogen and oxygen atoms in total. The Morgan fingerprint density at radius 2 is 2.06 bits per heavy atom. The molecular formula is C14H18N2O2. The molecule has 0 unspecified atom stereocenters. The van der Waals surface area contributed by atoms with Gasteiger partial charge >= 0.3 is 0 Å². The molecule has 0 saturated carbocycles. The number of aryl methyl sites for hydroxylation is 1. The lowest BCUT2D eigenvalue weighted by molar-refractivity contribution is -0.122. The van der Waals surface area contributed by atoms with Crippen LogP contribution in [0.15, 0.2) is 29.4 Å². The molecule has 1 aliphatic rings. The van der Waals surface area contributed by atoms with E-state index in [1.54, 1.807) is 0 Å². The van der Waals surface area contributed by atoms with Gasteiger partial charge < -0.3 is 4.74 Å². The van der Waals surface area contributed by atoms with E-state index in [1.165, 1.54) is 0 Å². The van der Waals surface area contributed by atoms with Crippen LogP contribution in [0.1, 0.15) is 25.8 Å². The summed E-state index contributed by atoms with van der Waals surface area (Å²) in [4.78, 5) is 11.9. The number of para-hydroxylation sites is 1. The van der Waals surface area contributed by atoms with Crippen molar-refractivity contribution in [3.63, 3.8) is 0 Å². The van der Waals surface area contributed by atoms with Crippen molar-refractivity contribution in [3.05, 3.63) is 29.8 Å². The number of rotatable bonds is 2. The Bertz CT molecular complexity index is 492. The number of nitrogens with zero attached hydrogens (tertiary/aromatic N) is 1. The lowest BCUT2D eigenvalue weighted by atomic mass is 9.96. The average Bonchev–Trinajstić information content (AvgIpc) is 2.29.